The highest BCUT2D eigenvalue weighted by atomic mass is 16.5. The summed E-state index contributed by atoms with van der Waals surface area (Å²) in [6.07, 6.45) is 2.31. The van der Waals surface area contributed by atoms with Gasteiger partial charge in [0.25, 0.3) is 0 Å². The van der Waals surface area contributed by atoms with Gasteiger partial charge in [0, 0.05) is 12.6 Å². The zero-order valence-electron chi connectivity index (χ0n) is 17.9. The molecule has 2 N–H and O–H groups in total. The monoisotopic (exact) mass is 405 g/mol. The molecular formula is C23H27N5O2. The Kier molecular flexibility index (Phi) is 5.46. The number of hydrogen-bond donors (Lipinski definition) is 2. The lowest BCUT2D eigenvalue weighted by Gasteiger charge is -2.12. The fraction of sp³-hybridized carbons (Fsp3) is 0.435. The third-order valence-electron chi connectivity index (χ3n) is 5.36. The van der Waals surface area contributed by atoms with Crippen LogP contribution in [0.4, 0.5) is 5.82 Å². The molecule has 0 saturated carbocycles. The minimum Gasteiger partial charge on any atom is -0.378 e. The van der Waals surface area contributed by atoms with Crippen molar-refractivity contribution in [2.75, 3.05) is 5.32 Å². The van der Waals surface area contributed by atoms with Crippen molar-refractivity contribution in [2.45, 2.75) is 65.5 Å². The molecule has 1 unspecified atom stereocenters. The molecule has 7 nitrogen and oxygen atoms in total. The zero-order chi connectivity index (χ0) is 21.3. The lowest BCUT2D eigenvalue weighted by Crippen LogP contribution is -2.19. The van der Waals surface area contributed by atoms with E-state index in [0.717, 1.165) is 11.2 Å². The van der Waals surface area contributed by atoms with Crippen molar-refractivity contribution in [3.63, 3.8) is 0 Å². The topological polar surface area (TPSA) is 85.1 Å². The van der Waals surface area contributed by atoms with E-state index in [1.165, 1.54) is 11.1 Å². The van der Waals surface area contributed by atoms with Gasteiger partial charge in [0.1, 0.15) is 5.60 Å². The number of nitrogens with zero attached hydrogens (tertiary/aromatic N) is 4. The minimum absolute atomic E-state index is 0.203. The molecule has 4 rings (SSSR count). The number of hydrogen-bond acceptors (Lipinski definition) is 6. The SMILES string of the molecule is CCC(C)(O)C#Cc1nc(NCc2ccc3c(c2)COC3)c2ncn(C(C)C)c2n1. The van der Waals surface area contributed by atoms with Gasteiger partial charge in [0.15, 0.2) is 17.0 Å². The fourth-order valence-electron chi connectivity index (χ4n) is 3.27. The van der Waals surface area contributed by atoms with E-state index in [9.17, 15) is 5.11 Å². The van der Waals surface area contributed by atoms with E-state index in [1.807, 2.05) is 11.5 Å². The van der Waals surface area contributed by atoms with Gasteiger partial charge in [0.2, 0.25) is 5.82 Å². The molecule has 7 heteroatoms. The Morgan fingerprint density at radius 2 is 2.07 bits per heavy atom. The summed E-state index contributed by atoms with van der Waals surface area (Å²) >= 11 is 0. The maximum absolute atomic E-state index is 10.2. The van der Waals surface area contributed by atoms with Crippen LogP contribution in [-0.4, -0.2) is 30.2 Å². The first kappa shape index (κ1) is 20.3. The molecule has 1 aliphatic heterocycles. The van der Waals surface area contributed by atoms with Crippen molar-refractivity contribution >= 4 is 17.0 Å². The third kappa shape index (κ3) is 4.16. The van der Waals surface area contributed by atoms with E-state index < -0.39 is 5.60 Å². The first-order valence-electron chi connectivity index (χ1n) is 10.3. The summed E-state index contributed by atoms with van der Waals surface area (Å²) in [4.78, 5) is 13.7. The number of aromatic nitrogens is 4. The van der Waals surface area contributed by atoms with Crippen molar-refractivity contribution < 1.29 is 9.84 Å². The number of fused-ring (bicyclic) bond motifs is 2. The molecular weight excluding hydrogens is 378 g/mol. The summed E-state index contributed by atoms with van der Waals surface area (Å²) in [6, 6.07) is 6.59. The molecule has 0 saturated heterocycles. The lowest BCUT2D eigenvalue weighted by molar-refractivity contribution is 0.118. The van der Waals surface area contributed by atoms with Gasteiger partial charge in [0.05, 0.1) is 19.5 Å². The van der Waals surface area contributed by atoms with Crippen LogP contribution in [0.1, 0.15) is 62.7 Å². The fourth-order valence-corrected chi connectivity index (χ4v) is 3.27. The first-order valence-corrected chi connectivity index (χ1v) is 10.3. The van der Waals surface area contributed by atoms with E-state index >= 15 is 0 Å². The second-order valence-corrected chi connectivity index (χ2v) is 8.14. The Labute approximate surface area is 176 Å². The summed E-state index contributed by atoms with van der Waals surface area (Å²) in [5.41, 5.74) is 4.00. The van der Waals surface area contributed by atoms with Crippen LogP contribution >= 0.6 is 0 Å². The number of benzene rings is 1. The van der Waals surface area contributed by atoms with Crippen LogP contribution in [-0.2, 0) is 24.5 Å². The molecule has 0 bridgehead atoms. The van der Waals surface area contributed by atoms with Gasteiger partial charge in [-0.3, -0.25) is 0 Å². The predicted molar refractivity (Wildman–Crippen MR) is 116 cm³/mol. The van der Waals surface area contributed by atoms with E-state index in [2.05, 4.69) is 64.2 Å². The maximum atomic E-state index is 10.2. The summed E-state index contributed by atoms with van der Waals surface area (Å²) < 4.78 is 7.50. The standard InChI is InChI=1S/C23H27N5O2/c1-5-23(4,29)9-8-19-26-21(20-22(27-19)28(14-25-20)15(2)3)24-11-16-6-7-17-12-30-13-18(17)10-16/h6-7,10,14-15,29H,5,11-13H2,1-4H3,(H,24,26,27). The quantitative estimate of drug-likeness (QED) is 0.632. The Bertz CT molecular complexity index is 1140. The van der Waals surface area contributed by atoms with Crippen LogP contribution in [0.5, 0.6) is 0 Å². The molecule has 0 aliphatic carbocycles. The van der Waals surface area contributed by atoms with Gasteiger partial charge in [-0.25, -0.2) is 15.0 Å². The molecule has 156 valence electrons. The van der Waals surface area contributed by atoms with Gasteiger partial charge < -0.3 is 19.7 Å². The van der Waals surface area contributed by atoms with E-state index in [4.69, 9.17) is 4.74 Å². The van der Waals surface area contributed by atoms with Gasteiger partial charge in [-0.1, -0.05) is 31.0 Å². The largest absolute Gasteiger partial charge is 0.378 e. The van der Waals surface area contributed by atoms with Crippen LogP contribution in [0.15, 0.2) is 24.5 Å². The lowest BCUT2D eigenvalue weighted by atomic mass is 10.1. The molecule has 1 atom stereocenters. The normalized spacial score (nSPS) is 15.0. The third-order valence-corrected chi connectivity index (χ3v) is 5.36. The molecule has 2 aromatic heterocycles. The van der Waals surface area contributed by atoms with Crippen LogP contribution < -0.4 is 5.32 Å². The number of aliphatic hydroxyl groups is 1. The van der Waals surface area contributed by atoms with Gasteiger partial charge in [-0.15, -0.1) is 0 Å². The second kappa shape index (κ2) is 8.05. The smallest absolute Gasteiger partial charge is 0.209 e. The van der Waals surface area contributed by atoms with Crippen molar-refractivity contribution in [3.8, 4) is 11.8 Å². The van der Waals surface area contributed by atoms with Crippen LogP contribution in [0.2, 0.25) is 0 Å². The molecule has 3 heterocycles. The van der Waals surface area contributed by atoms with Crippen molar-refractivity contribution in [1.82, 2.24) is 19.5 Å². The van der Waals surface area contributed by atoms with Crippen molar-refractivity contribution in [3.05, 3.63) is 47.0 Å². The van der Waals surface area contributed by atoms with Gasteiger partial charge in [-0.05, 0) is 49.8 Å². The highest BCUT2D eigenvalue weighted by Crippen LogP contribution is 2.24. The zero-order valence-corrected chi connectivity index (χ0v) is 17.9. The van der Waals surface area contributed by atoms with Crippen molar-refractivity contribution in [1.29, 1.82) is 0 Å². The number of ether oxygens (including phenoxy) is 1. The Morgan fingerprint density at radius 1 is 1.27 bits per heavy atom. The summed E-state index contributed by atoms with van der Waals surface area (Å²) in [6.45, 7) is 9.69. The number of imidazole rings is 1. The van der Waals surface area contributed by atoms with Crippen molar-refractivity contribution in [2.24, 2.45) is 0 Å². The average molecular weight is 406 g/mol. The molecule has 0 fully saturated rings. The average Bonchev–Trinajstić information content (AvgIpc) is 3.37. The molecule has 0 amide bonds. The Hall–Kier alpha value is -2.95. The Morgan fingerprint density at radius 3 is 2.83 bits per heavy atom. The maximum Gasteiger partial charge on any atom is 0.209 e. The summed E-state index contributed by atoms with van der Waals surface area (Å²) in [5.74, 6) is 6.81. The Balaban J connectivity index is 1.68. The van der Waals surface area contributed by atoms with Crippen LogP contribution in [0.25, 0.3) is 11.2 Å². The predicted octanol–water partition coefficient (Wildman–Crippen LogP) is 3.56. The molecule has 1 aliphatic rings. The first-order chi connectivity index (χ1) is 14.4. The van der Waals surface area contributed by atoms with E-state index in [0.29, 0.717) is 43.3 Å². The second-order valence-electron chi connectivity index (χ2n) is 8.14. The number of rotatable bonds is 5. The van der Waals surface area contributed by atoms with Crippen LogP contribution in [0, 0.1) is 11.8 Å². The molecule has 30 heavy (non-hydrogen) atoms. The highest BCUT2D eigenvalue weighted by Gasteiger charge is 2.17. The van der Waals surface area contributed by atoms with E-state index in [-0.39, 0.29) is 6.04 Å². The highest BCUT2D eigenvalue weighted by molar-refractivity contribution is 5.83. The van der Waals surface area contributed by atoms with Crippen LogP contribution in [0.3, 0.4) is 0 Å². The molecule has 0 radical (unpaired) electrons. The number of anilines is 1. The molecule has 0 spiro atoms. The van der Waals surface area contributed by atoms with E-state index in [1.54, 1.807) is 13.3 Å². The molecule has 3 aromatic rings. The minimum atomic E-state index is -1.07. The summed E-state index contributed by atoms with van der Waals surface area (Å²) in [7, 11) is 0. The van der Waals surface area contributed by atoms with Gasteiger partial charge in [-0.2, -0.15) is 0 Å². The summed E-state index contributed by atoms with van der Waals surface area (Å²) in [5, 5.41) is 13.6. The molecule has 1 aromatic carbocycles. The van der Waals surface area contributed by atoms with Gasteiger partial charge >= 0.3 is 0 Å². The number of nitrogens with one attached hydrogen (secondary N) is 1.